The summed E-state index contributed by atoms with van der Waals surface area (Å²) < 4.78 is 16.4. The Morgan fingerprint density at radius 2 is 1.78 bits per heavy atom. The number of amides is 3. The molecule has 1 aliphatic heterocycles. The van der Waals surface area contributed by atoms with Crippen LogP contribution in [0, 0.1) is 11.8 Å². The van der Waals surface area contributed by atoms with Gasteiger partial charge in [0.2, 0.25) is 11.8 Å². The maximum absolute atomic E-state index is 14.4. The van der Waals surface area contributed by atoms with Crippen LogP contribution in [0.4, 0.5) is 0 Å². The molecule has 1 fully saturated rings. The normalized spacial score (nSPS) is 18.2. The lowest BCUT2D eigenvalue weighted by Gasteiger charge is -2.39. The minimum atomic E-state index is -0.889. The summed E-state index contributed by atoms with van der Waals surface area (Å²) >= 11 is 1.27. The molecule has 1 aromatic heterocycles. The van der Waals surface area contributed by atoms with Gasteiger partial charge in [-0.2, -0.15) is 0 Å². The van der Waals surface area contributed by atoms with Crippen molar-refractivity contribution in [3.05, 3.63) is 52.0 Å². The van der Waals surface area contributed by atoms with Crippen LogP contribution in [0.25, 0.3) is 0 Å². The number of aromatic nitrogens is 1. The van der Waals surface area contributed by atoms with Crippen molar-refractivity contribution in [3.8, 4) is 0 Å². The SMILES string of the molecule is CC[C@H](C)[C@H](NC(=O)[C@H]1CCCCN1C)C(=O)N(COC)[C@H](C[C@@H](OC)c1nc(C(=O)N[C@@H](Cc2ccccc2)C(=O)OC)cs1)C(C)C. The molecule has 49 heavy (non-hydrogen) atoms. The molecule has 2 aromatic rings. The summed E-state index contributed by atoms with van der Waals surface area (Å²) in [6.45, 7) is 8.93. The number of hydrogen-bond acceptors (Lipinski definition) is 10. The summed E-state index contributed by atoms with van der Waals surface area (Å²) in [5.74, 6) is -1.50. The molecule has 272 valence electrons. The second-order valence-corrected chi connectivity index (χ2v) is 14.1. The van der Waals surface area contributed by atoms with E-state index >= 15 is 0 Å². The van der Waals surface area contributed by atoms with E-state index in [1.54, 1.807) is 24.5 Å². The molecule has 1 saturated heterocycles. The fourth-order valence-electron chi connectivity index (χ4n) is 6.21. The number of thiazole rings is 1. The first-order valence-corrected chi connectivity index (χ1v) is 18.0. The molecule has 1 aromatic carbocycles. The third-order valence-corrected chi connectivity index (χ3v) is 10.4. The molecule has 0 bridgehead atoms. The molecular weight excluding hydrogens is 646 g/mol. The molecule has 13 heteroatoms. The van der Waals surface area contributed by atoms with Crippen molar-refractivity contribution in [1.29, 1.82) is 0 Å². The average Bonchev–Trinajstić information content (AvgIpc) is 3.60. The van der Waals surface area contributed by atoms with Gasteiger partial charge in [0.05, 0.1) is 13.2 Å². The van der Waals surface area contributed by atoms with Gasteiger partial charge < -0.3 is 29.7 Å². The largest absolute Gasteiger partial charge is 0.467 e. The number of ether oxygens (including phenoxy) is 3. The number of likely N-dealkylation sites (tertiary alicyclic amines) is 1. The van der Waals surface area contributed by atoms with Crippen LogP contribution in [0.1, 0.15) is 87.0 Å². The van der Waals surface area contributed by atoms with Crippen molar-refractivity contribution in [2.75, 3.05) is 41.7 Å². The maximum atomic E-state index is 14.4. The second kappa shape index (κ2) is 19.7. The number of piperidine rings is 1. The van der Waals surface area contributed by atoms with Crippen molar-refractivity contribution in [3.63, 3.8) is 0 Å². The van der Waals surface area contributed by atoms with Crippen LogP contribution >= 0.6 is 11.3 Å². The van der Waals surface area contributed by atoms with Crippen molar-refractivity contribution in [2.45, 2.75) is 96.5 Å². The number of carbonyl (C=O) groups is 4. The van der Waals surface area contributed by atoms with E-state index in [1.165, 1.54) is 18.4 Å². The Kier molecular flexibility index (Phi) is 16.1. The number of carbonyl (C=O) groups excluding carboxylic acids is 4. The zero-order chi connectivity index (χ0) is 36.1. The van der Waals surface area contributed by atoms with Crippen LogP contribution in [0.2, 0.25) is 0 Å². The van der Waals surface area contributed by atoms with Gasteiger partial charge in [0.15, 0.2) is 0 Å². The lowest BCUT2D eigenvalue weighted by atomic mass is 9.92. The Labute approximate surface area is 295 Å². The third-order valence-electron chi connectivity index (χ3n) is 9.41. The molecule has 0 aliphatic carbocycles. The van der Waals surface area contributed by atoms with Crippen LogP contribution in [0.3, 0.4) is 0 Å². The highest BCUT2D eigenvalue weighted by molar-refractivity contribution is 7.09. The first-order chi connectivity index (χ1) is 23.4. The van der Waals surface area contributed by atoms with E-state index in [4.69, 9.17) is 14.2 Å². The van der Waals surface area contributed by atoms with Gasteiger partial charge >= 0.3 is 5.97 Å². The molecule has 2 heterocycles. The lowest BCUT2D eigenvalue weighted by Crippen LogP contribution is -2.59. The molecule has 12 nitrogen and oxygen atoms in total. The number of likely N-dealkylation sites (N-methyl/N-ethyl adjacent to an activating group) is 1. The average molecular weight is 702 g/mol. The zero-order valence-electron chi connectivity index (χ0n) is 30.3. The fraction of sp³-hybridized carbons (Fsp3) is 0.639. The van der Waals surface area contributed by atoms with E-state index in [2.05, 4.69) is 20.5 Å². The monoisotopic (exact) mass is 701 g/mol. The van der Waals surface area contributed by atoms with Crippen LogP contribution in [0.5, 0.6) is 0 Å². The van der Waals surface area contributed by atoms with E-state index in [0.717, 1.165) is 31.4 Å². The predicted octanol–water partition coefficient (Wildman–Crippen LogP) is 4.21. The minimum absolute atomic E-state index is 0.00366. The van der Waals surface area contributed by atoms with Crippen LogP contribution in [-0.4, -0.2) is 104 Å². The molecule has 6 atom stereocenters. The van der Waals surface area contributed by atoms with Gasteiger partial charge in [-0.25, -0.2) is 9.78 Å². The number of methoxy groups -OCH3 is 3. The molecule has 0 unspecified atom stereocenters. The Balaban J connectivity index is 1.80. The molecule has 1 aliphatic rings. The molecule has 0 radical (unpaired) electrons. The van der Waals surface area contributed by atoms with Crippen molar-refractivity contribution in [1.82, 2.24) is 25.4 Å². The summed E-state index contributed by atoms with van der Waals surface area (Å²) in [4.78, 5) is 62.0. The van der Waals surface area contributed by atoms with Gasteiger partial charge in [-0.15, -0.1) is 11.3 Å². The fourth-order valence-corrected chi connectivity index (χ4v) is 7.10. The summed E-state index contributed by atoms with van der Waals surface area (Å²) in [6, 6.07) is 7.16. The van der Waals surface area contributed by atoms with Gasteiger partial charge in [0.1, 0.15) is 35.6 Å². The Hall–Kier alpha value is -3.39. The number of benzene rings is 1. The standard InChI is InChI=1S/C36H55N5O7S/c1-9-24(4)31(39-33(43)28-17-13-14-18-40(28)5)35(44)41(22-46-6)29(23(2)3)20-30(47-7)34-38-27(21-49-34)32(42)37-26(36(45)48-8)19-25-15-11-10-12-16-25/h10-12,15-16,21,23-24,26,28-31H,9,13-14,17-20,22H2,1-8H3,(H,37,42)(H,39,43)/t24-,26-,28+,29+,30+,31-/m0/s1. The van der Waals surface area contributed by atoms with E-state index in [1.807, 2.05) is 65.1 Å². The third kappa shape index (κ3) is 11.1. The van der Waals surface area contributed by atoms with Gasteiger partial charge in [-0.3, -0.25) is 19.3 Å². The predicted molar refractivity (Wildman–Crippen MR) is 189 cm³/mol. The van der Waals surface area contributed by atoms with Gasteiger partial charge in [-0.1, -0.05) is 70.9 Å². The molecule has 3 rings (SSSR count). The van der Waals surface area contributed by atoms with Crippen LogP contribution in [0.15, 0.2) is 35.7 Å². The number of hydrogen-bond donors (Lipinski definition) is 2. The second-order valence-electron chi connectivity index (χ2n) is 13.2. The smallest absolute Gasteiger partial charge is 0.328 e. The molecule has 0 saturated carbocycles. The highest BCUT2D eigenvalue weighted by Crippen LogP contribution is 2.31. The quantitative estimate of drug-likeness (QED) is 0.173. The van der Waals surface area contributed by atoms with Gasteiger partial charge in [0.25, 0.3) is 5.91 Å². The van der Waals surface area contributed by atoms with E-state index < -0.39 is 30.1 Å². The Morgan fingerprint density at radius 1 is 1.06 bits per heavy atom. The molecule has 2 N–H and O–H groups in total. The number of nitrogens with one attached hydrogen (secondary N) is 2. The first kappa shape index (κ1) is 40.0. The van der Waals surface area contributed by atoms with E-state index in [-0.39, 0.29) is 54.6 Å². The highest BCUT2D eigenvalue weighted by Gasteiger charge is 2.38. The van der Waals surface area contributed by atoms with Crippen molar-refractivity contribution in [2.24, 2.45) is 11.8 Å². The Morgan fingerprint density at radius 3 is 2.37 bits per heavy atom. The molecular formula is C36H55N5O7S. The Bertz CT molecular complexity index is 1360. The number of esters is 1. The number of rotatable bonds is 18. The summed E-state index contributed by atoms with van der Waals surface area (Å²) in [6.07, 6.45) is 3.61. The van der Waals surface area contributed by atoms with Crippen molar-refractivity contribution < 1.29 is 33.4 Å². The molecule has 3 amide bonds. The van der Waals surface area contributed by atoms with E-state index in [0.29, 0.717) is 17.8 Å². The van der Waals surface area contributed by atoms with E-state index in [9.17, 15) is 19.2 Å². The summed E-state index contributed by atoms with van der Waals surface area (Å²) in [5.41, 5.74) is 1.03. The molecule has 0 spiro atoms. The number of nitrogens with zero attached hydrogens (tertiary/aromatic N) is 3. The van der Waals surface area contributed by atoms with Crippen LogP contribution in [-0.2, 0) is 35.0 Å². The minimum Gasteiger partial charge on any atom is -0.467 e. The van der Waals surface area contributed by atoms with Gasteiger partial charge in [-0.05, 0) is 43.8 Å². The van der Waals surface area contributed by atoms with Gasteiger partial charge in [0, 0.05) is 38.5 Å². The topological polar surface area (TPSA) is 139 Å². The zero-order valence-corrected chi connectivity index (χ0v) is 31.1. The van der Waals surface area contributed by atoms with Crippen molar-refractivity contribution >= 4 is 35.0 Å². The maximum Gasteiger partial charge on any atom is 0.328 e. The summed E-state index contributed by atoms with van der Waals surface area (Å²) in [7, 11) is 6.36. The van der Waals surface area contributed by atoms with Crippen LogP contribution < -0.4 is 10.6 Å². The summed E-state index contributed by atoms with van der Waals surface area (Å²) in [5, 5.41) is 8.07. The highest BCUT2D eigenvalue weighted by atomic mass is 32.1. The lowest BCUT2D eigenvalue weighted by molar-refractivity contribution is -0.148. The first-order valence-electron chi connectivity index (χ1n) is 17.2.